The zero-order valence-electron chi connectivity index (χ0n) is 17.6. The predicted molar refractivity (Wildman–Crippen MR) is 123 cm³/mol. The summed E-state index contributed by atoms with van der Waals surface area (Å²) in [6.45, 7) is 13.7. The summed E-state index contributed by atoms with van der Waals surface area (Å²) in [6, 6.07) is 8.06. The standard InChI is InChI=1S/C20H34N4O2.HI/c1-8-21-18(22-13-17(25)24-19(2,3)4)23-14-20(5,6)15-10-9-11-16(12-15)26-7;/h9-12H,8,13-14H2,1-7H3,(H,24,25)(H2,21,22,23);1H. The third kappa shape index (κ3) is 9.83. The fourth-order valence-corrected chi connectivity index (χ4v) is 2.40. The second-order valence-electron chi connectivity index (χ2n) is 7.96. The van der Waals surface area contributed by atoms with E-state index in [4.69, 9.17) is 4.74 Å². The lowest BCUT2D eigenvalue weighted by Gasteiger charge is -2.27. The van der Waals surface area contributed by atoms with Crippen molar-refractivity contribution in [2.24, 2.45) is 4.99 Å². The molecule has 0 saturated carbocycles. The molecule has 7 heteroatoms. The summed E-state index contributed by atoms with van der Waals surface area (Å²) in [5.74, 6) is 1.38. The van der Waals surface area contributed by atoms with Gasteiger partial charge in [-0.1, -0.05) is 26.0 Å². The molecule has 0 radical (unpaired) electrons. The largest absolute Gasteiger partial charge is 0.497 e. The van der Waals surface area contributed by atoms with Crippen molar-refractivity contribution in [3.05, 3.63) is 29.8 Å². The number of methoxy groups -OCH3 is 1. The number of nitrogens with one attached hydrogen (secondary N) is 3. The number of aliphatic imine (C=N–C) groups is 1. The normalized spacial score (nSPS) is 12.0. The van der Waals surface area contributed by atoms with Gasteiger partial charge in [0, 0.05) is 24.0 Å². The number of carbonyl (C=O) groups is 1. The van der Waals surface area contributed by atoms with Crippen LogP contribution in [-0.2, 0) is 10.2 Å². The second-order valence-corrected chi connectivity index (χ2v) is 7.96. The minimum Gasteiger partial charge on any atom is -0.497 e. The van der Waals surface area contributed by atoms with Gasteiger partial charge in [-0.25, -0.2) is 4.99 Å². The van der Waals surface area contributed by atoms with E-state index in [2.05, 4.69) is 40.9 Å². The summed E-state index contributed by atoms with van der Waals surface area (Å²) >= 11 is 0. The van der Waals surface area contributed by atoms with Crippen LogP contribution in [0.1, 0.15) is 47.1 Å². The van der Waals surface area contributed by atoms with Crippen LogP contribution in [0.5, 0.6) is 5.75 Å². The van der Waals surface area contributed by atoms with Crippen LogP contribution in [0.25, 0.3) is 0 Å². The molecule has 0 heterocycles. The van der Waals surface area contributed by atoms with Gasteiger partial charge in [-0.3, -0.25) is 4.79 Å². The first-order valence-corrected chi connectivity index (χ1v) is 9.05. The smallest absolute Gasteiger partial charge is 0.242 e. The fourth-order valence-electron chi connectivity index (χ4n) is 2.40. The van der Waals surface area contributed by atoms with E-state index in [1.54, 1.807) is 7.11 Å². The van der Waals surface area contributed by atoms with Gasteiger partial charge in [-0.15, -0.1) is 24.0 Å². The molecule has 0 aromatic heterocycles. The van der Waals surface area contributed by atoms with E-state index >= 15 is 0 Å². The Morgan fingerprint density at radius 1 is 1.15 bits per heavy atom. The first-order valence-electron chi connectivity index (χ1n) is 9.05. The van der Waals surface area contributed by atoms with Crippen LogP contribution in [0.2, 0.25) is 0 Å². The van der Waals surface area contributed by atoms with Crippen LogP contribution >= 0.6 is 24.0 Å². The number of hydrogen-bond donors (Lipinski definition) is 3. The van der Waals surface area contributed by atoms with E-state index in [1.165, 1.54) is 5.56 Å². The van der Waals surface area contributed by atoms with Crippen molar-refractivity contribution in [1.29, 1.82) is 0 Å². The Morgan fingerprint density at radius 2 is 1.81 bits per heavy atom. The van der Waals surface area contributed by atoms with Crippen molar-refractivity contribution in [3.63, 3.8) is 0 Å². The van der Waals surface area contributed by atoms with Gasteiger partial charge >= 0.3 is 0 Å². The monoisotopic (exact) mass is 490 g/mol. The van der Waals surface area contributed by atoms with E-state index in [0.29, 0.717) is 12.5 Å². The van der Waals surface area contributed by atoms with Gasteiger partial charge in [0.1, 0.15) is 12.3 Å². The fraction of sp³-hybridized carbons (Fsp3) is 0.600. The maximum atomic E-state index is 12.0. The third-order valence-electron chi connectivity index (χ3n) is 3.79. The maximum Gasteiger partial charge on any atom is 0.242 e. The van der Waals surface area contributed by atoms with Crippen LogP contribution in [0.4, 0.5) is 0 Å². The molecule has 0 saturated heterocycles. The van der Waals surface area contributed by atoms with Crippen molar-refractivity contribution in [2.75, 3.05) is 26.7 Å². The average molecular weight is 490 g/mol. The molecule has 1 rings (SSSR count). The van der Waals surface area contributed by atoms with Crippen LogP contribution in [-0.4, -0.2) is 44.1 Å². The van der Waals surface area contributed by atoms with Crippen LogP contribution < -0.4 is 20.7 Å². The highest BCUT2D eigenvalue weighted by molar-refractivity contribution is 14.0. The Hall–Kier alpha value is -1.51. The summed E-state index contributed by atoms with van der Waals surface area (Å²) in [5.41, 5.74) is 0.788. The first-order chi connectivity index (χ1) is 12.1. The van der Waals surface area contributed by atoms with Gasteiger partial charge in [0.15, 0.2) is 5.96 Å². The van der Waals surface area contributed by atoms with Gasteiger partial charge in [0.25, 0.3) is 0 Å². The minimum atomic E-state index is -0.257. The number of rotatable bonds is 7. The number of amides is 1. The lowest BCUT2D eigenvalue weighted by atomic mass is 9.84. The topological polar surface area (TPSA) is 74.8 Å². The van der Waals surface area contributed by atoms with Crippen molar-refractivity contribution in [1.82, 2.24) is 16.0 Å². The Kier molecular flexibility index (Phi) is 10.7. The Morgan fingerprint density at radius 3 is 2.37 bits per heavy atom. The molecule has 0 aliphatic rings. The van der Waals surface area contributed by atoms with Gasteiger partial charge in [-0.2, -0.15) is 0 Å². The van der Waals surface area contributed by atoms with E-state index < -0.39 is 0 Å². The number of halogens is 1. The van der Waals surface area contributed by atoms with Crippen molar-refractivity contribution in [3.8, 4) is 5.75 Å². The number of nitrogens with zero attached hydrogens (tertiary/aromatic N) is 1. The Balaban J connectivity index is 0.00000676. The average Bonchev–Trinajstić information content (AvgIpc) is 2.56. The highest BCUT2D eigenvalue weighted by atomic mass is 127. The molecule has 0 aliphatic carbocycles. The molecule has 0 aliphatic heterocycles. The molecule has 27 heavy (non-hydrogen) atoms. The van der Waals surface area contributed by atoms with Gasteiger partial charge in [0.2, 0.25) is 5.91 Å². The summed E-state index contributed by atoms with van der Waals surface area (Å²) in [4.78, 5) is 16.4. The van der Waals surface area contributed by atoms with Gasteiger partial charge < -0.3 is 20.7 Å². The van der Waals surface area contributed by atoms with E-state index in [-0.39, 0.29) is 47.4 Å². The molecular weight excluding hydrogens is 455 g/mol. The maximum absolute atomic E-state index is 12.0. The molecule has 1 aromatic carbocycles. The van der Waals surface area contributed by atoms with Crippen LogP contribution in [0.15, 0.2) is 29.3 Å². The molecule has 1 amide bonds. The quantitative estimate of drug-likeness (QED) is 0.312. The van der Waals surface area contributed by atoms with Crippen molar-refractivity contribution < 1.29 is 9.53 Å². The summed E-state index contributed by atoms with van der Waals surface area (Å²) in [6.07, 6.45) is 0. The number of ether oxygens (including phenoxy) is 1. The lowest BCUT2D eigenvalue weighted by Crippen LogP contribution is -2.45. The van der Waals surface area contributed by atoms with E-state index in [0.717, 1.165) is 12.3 Å². The lowest BCUT2D eigenvalue weighted by molar-refractivity contribution is -0.121. The summed E-state index contributed by atoms with van der Waals surface area (Å²) in [7, 11) is 1.67. The van der Waals surface area contributed by atoms with Gasteiger partial charge in [0.05, 0.1) is 7.11 Å². The molecule has 0 atom stereocenters. The molecule has 0 unspecified atom stereocenters. The summed E-state index contributed by atoms with van der Waals surface area (Å²) in [5, 5.41) is 9.43. The Labute approximate surface area is 181 Å². The molecule has 1 aromatic rings. The number of carbonyl (C=O) groups excluding carboxylic acids is 1. The van der Waals surface area contributed by atoms with Crippen molar-refractivity contribution >= 4 is 35.8 Å². The van der Waals surface area contributed by atoms with Crippen molar-refractivity contribution in [2.45, 2.75) is 52.5 Å². The molecule has 154 valence electrons. The highest BCUT2D eigenvalue weighted by Crippen LogP contribution is 2.25. The molecule has 0 bridgehead atoms. The van der Waals surface area contributed by atoms with Crippen LogP contribution in [0, 0.1) is 0 Å². The zero-order valence-corrected chi connectivity index (χ0v) is 19.9. The second kappa shape index (κ2) is 11.4. The minimum absolute atomic E-state index is 0. The van der Waals surface area contributed by atoms with E-state index in [9.17, 15) is 4.79 Å². The number of guanidine groups is 1. The zero-order chi connectivity index (χ0) is 19.8. The summed E-state index contributed by atoms with van der Waals surface area (Å²) < 4.78 is 5.32. The molecule has 0 spiro atoms. The molecule has 6 nitrogen and oxygen atoms in total. The molecule has 0 fully saturated rings. The molecular formula is C20H35IN4O2. The predicted octanol–water partition coefficient (Wildman–Crippen LogP) is 3.06. The molecule has 3 N–H and O–H groups in total. The first kappa shape index (κ1) is 25.5. The highest BCUT2D eigenvalue weighted by Gasteiger charge is 2.21. The third-order valence-corrected chi connectivity index (χ3v) is 3.79. The van der Waals surface area contributed by atoms with Gasteiger partial charge in [-0.05, 0) is 45.4 Å². The van der Waals surface area contributed by atoms with E-state index in [1.807, 2.05) is 45.9 Å². The van der Waals surface area contributed by atoms with Crippen LogP contribution in [0.3, 0.4) is 0 Å². The Bertz CT molecular complexity index is 625. The number of benzene rings is 1. The SMILES string of the molecule is CCNC(=NCC(=O)NC(C)(C)C)NCC(C)(C)c1cccc(OC)c1.I. The number of hydrogen-bond acceptors (Lipinski definition) is 3.